The summed E-state index contributed by atoms with van der Waals surface area (Å²) in [5.41, 5.74) is 0.922. The smallest absolute Gasteiger partial charge is 0.130 e. The number of tetrazole rings is 1. The van der Waals surface area contributed by atoms with E-state index in [1.165, 1.54) is 6.42 Å². The summed E-state index contributed by atoms with van der Waals surface area (Å²) >= 11 is 7.89. The molecule has 1 aromatic carbocycles. The number of nitrogens with zero attached hydrogens (tertiary/aromatic N) is 4. The quantitative estimate of drug-likeness (QED) is 0.811. The number of para-hydroxylation sites is 1. The van der Waals surface area contributed by atoms with Gasteiger partial charge in [0.05, 0.1) is 5.69 Å². The minimum atomic E-state index is 0.235. The molecule has 6 heteroatoms. The van der Waals surface area contributed by atoms with E-state index in [0.29, 0.717) is 10.4 Å². The maximum Gasteiger partial charge on any atom is 0.231 e. The summed E-state index contributed by atoms with van der Waals surface area (Å²) in [6.07, 6.45) is 3.42. The monoisotopic (exact) mass is 280 g/mol. The van der Waals surface area contributed by atoms with E-state index in [-0.39, 0.29) is 5.38 Å². The van der Waals surface area contributed by atoms with Crippen LogP contribution in [-0.4, -0.2) is 30.8 Å². The molecule has 0 aliphatic heterocycles. The summed E-state index contributed by atoms with van der Waals surface area (Å²) in [5.74, 6) is 0. The zero-order valence-electron chi connectivity index (χ0n) is 9.74. The molecule has 1 saturated carbocycles. The molecule has 0 saturated heterocycles. The first-order valence-electron chi connectivity index (χ1n) is 5.99. The largest absolute Gasteiger partial charge is 0.231 e. The Morgan fingerprint density at radius 3 is 2.78 bits per heavy atom. The zero-order valence-corrected chi connectivity index (χ0v) is 11.3. The van der Waals surface area contributed by atoms with E-state index in [9.17, 15) is 0 Å². The van der Waals surface area contributed by atoms with Gasteiger partial charge in [0, 0.05) is 10.6 Å². The molecule has 1 aliphatic rings. The SMILES string of the molecule is Cl[C@@H]1CCC[C@H]1Sc1nnn(-c2ccccc2)n1. The third-order valence-corrected chi connectivity index (χ3v) is 4.92. The molecule has 0 N–H and O–H groups in total. The molecule has 4 nitrogen and oxygen atoms in total. The van der Waals surface area contributed by atoms with Crippen molar-refractivity contribution in [2.24, 2.45) is 0 Å². The second-order valence-electron chi connectivity index (χ2n) is 4.30. The molecule has 1 fully saturated rings. The lowest BCUT2D eigenvalue weighted by Gasteiger charge is -2.09. The lowest BCUT2D eigenvalue weighted by Crippen LogP contribution is -2.09. The highest BCUT2D eigenvalue weighted by molar-refractivity contribution is 7.99. The van der Waals surface area contributed by atoms with Crippen LogP contribution in [-0.2, 0) is 0 Å². The predicted octanol–water partition coefficient (Wildman–Crippen LogP) is 2.91. The fraction of sp³-hybridized carbons (Fsp3) is 0.417. The van der Waals surface area contributed by atoms with Gasteiger partial charge in [-0.25, -0.2) is 0 Å². The normalized spacial score (nSPS) is 23.4. The van der Waals surface area contributed by atoms with Gasteiger partial charge in [-0.2, -0.15) is 0 Å². The third kappa shape index (κ3) is 2.52. The Morgan fingerprint density at radius 1 is 1.22 bits per heavy atom. The predicted molar refractivity (Wildman–Crippen MR) is 72.3 cm³/mol. The minimum absolute atomic E-state index is 0.235. The standard InChI is InChI=1S/C12H13ClN4S/c13-10-7-4-8-11(10)18-12-14-16-17(15-12)9-5-2-1-3-6-9/h1-3,5-6,10-11H,4,7-8H2/t10-,11-/m1/s1. The molecular formula is C12H13ClN4S. The third-order valence-electron chi connectivity index (χ3n) is 3.01. The van der Waals surface area contributed by atoms with Crippen molar-refractivity contribution in [3.05, 3.63) is 30.3 Å². The Labute approximate surface area is 115 Å². The van der Waals surface area contributed by atoms with Gasteiger partial charge in [0.1, 0.15) is 0 Å². The van der Waals surface area contributed by atoms with Crippen molar-refractivity contribution in [3.8, 4) is 5.69 Å². The van der Waals surface area contributed by atoms with Gasteiger partial charge >= 0.3 is 0 Å². The summed E-state index contributed by atoms with van der Waals surface area (Å²) < 4.78 is 0. The molecule has 0 radical (unpaired) electrons. The number of hydrogen-bond acceptors (Lipinski definition) is 4. The number of hydrogen-bond donors (Lipinski definition) is 0. The van der Waals surface area contributed by atoms with Crippen molar-refractivity contribution in [1.82, 2.24) is 20.2 Å². The fourth-order valence-corrected chi connectivity index (χ4v) is 3.55. The van der Waals surface area contributed by atoms with Gasteiger partial charge in [-0.3, -0.25) is 0 Å². The van der Waals surface area contributed by atoms with Crippen LogP contribution in [0.2, 0.25) is 0 Å². The van der Waals surface area contributed by atoms with Crippen LogP contribution in [0, 0.1) is 0 Å². The first kappa shape index (κ1) is 12.0. The molecule has 1 aliphatic carbocycles. The molecule has 1 heterocycles. The zero-order chi connectivity index (χ0) is 12.4. The molecule has 94 valence electrons. The number of rotatable bonds is 3. The van der Waals surface area contributed by atoms with Gasteiger partial charge in [-0.1, -0.05) is 36.4 Å². The van der Waals surface area contributed by atoms with Crippen LogP contribution >= 0.6 is 23.4 Å². The van der Waals surface area contributed by atoms with E-state index in [4.69, 9.17) is 11.6 Å². The summed E-state index contributed by atoms with van der Waals surface area (Å²) in [6, 6.07) is 9.79. The van der Waals surface area contributed by atoms with Crippen LogP contribution in [0.5, 0.6) is 0 Å². The number of alkyl halides is 1. The molecule has 2 atom stereocenters. The lowest BCUT2D eigenvalue weighted by molar-refractivity contribution is 0.716. The molecule has 0 spiro atoms. The molecule has 0 bridgehead atoms. The van der Waals surface area contributed by atoms with E-state index in [1.807, 2.05) is 30.3 Å². The van der Waals surface area contributed by atoms with Crippen LogP contribution in [0.15, 0.2) is 35.5 Å². The second-order valence-corrected chi connectivity index (χ2v) is 6.07. The maximum absolute atomic E-state index is 6.25. The summed E-state index contributed by atoms with van der Waals surface area (Å²) in [7, 11) is 0. The van der Waals surface area contributed by atoms with Crippen LogP contribution < -0.4 is 0 Å². The highest BCUT2D eigenvalue weighted by atomic mass is 35.5. The molecule has 18 heavy (non-hydrogen) atoms. The number of aromatic nitrogens is 4. The molecule has 2 aromatic rings. The second kappa shape index (κ2) is 5.28. The Balaban J connectivity index is 1.74. The average molecular weight is 281 g/mol. The van der Waals surface area contributed by atoms with Gasteiger partial charge in [0.25, 0.3) is 0 Å². The summed E-state index contributed by atoms with van der Waals surface area (Å²) in [6.45, 7) is 0. The van der Waals surface area contributed by atoms with Gasteiger partial charge in [-0.05, 0) is 30.2 Å². The van der Waals surface area contributed by atoms with Crippen molar-refractivity contribution in [2.45, 2.75) is 35.0 Å². The van der Waals surface area contributed by atoms with Crippen molar-refractivity contribution >= 4 is 23.4 Å². The van der Waals surface area contributed by atoms with E-state index >= 15 is 0 Å². The van der Waals surface area contributed by atoms with Crippen LogP contribution in [0.1, 0.15) is 19.3 Å². The minimum Gasteiger partial charge on any atom is -0.130 e. The number of halogens is 1. The van der Waals surface area contributed by atoms with E-state index in [2.05, 4.69) is 15.4 Å². The van der Waals surface area contributed by atoms with Gasteiger partial charge < -0.3 is 0 Å². The number of thioether (sulfide) groups is 1. The molecule has 0 amide bonds. The molecule has 3 rings (SSSR count). The first-order valence-corrected chi connectivity index (χ1v) is 7.31. The highest BCUT2D eigenvalue weighted by Gasteiger charge is 2.27. The number of benzene rings is 1. The van der Waals surface area contributed by atoms with Crippen LogP contribution in [0.3, 0.4) is 0 Å². The first-order chi connectivity index (χ1) is 8.83. The van der Waals surface area contributed by atoms with Gasteiger partial charge in [-0.15, -0.1) is 26.6 Å². The van der Waals surface area contributed by atoms with E-state index in [0.717, 1.165) is 18.5 Å². The fourth-order valence-electron chi connectivity index (χ4n) is 2.07. The van der Waals surface area contributed by atoms with Crippen molar-refractivity contribution in [3.63, 3.8) is 0 Å². The Hall–Kier alpha value is -1.07. The molecular weight excluding hydrogens is 268 g/mol. The van der Waals surface area contributed by atoms with Gasteiger partial charge in [0.2, 0.25) is 5.16 Å². The topological polar surface area (TPSA) is 43.6 Å². The maximum atomic E-state index is 6.25. The van der Waals surface area contributed by atoms with Crippen molar-refractivity contribution in [1.29, 1.82) is 0 Å². The Kier molecular flexibility index (Phi) is 3.52. The Morgan fingerprint density at radius 2 is 2.06 bits per heavy atom. The van der Waals surface area contributed by atoms with Crippen LogP contribution in [0.4, 0.5) is 0 Å². The summed E-state index contributed by atoms with van der Waals surface area (Å²) in [5, 5.41) is 13.9. The summed E-state index contributed by atoms with van der Waals surface area (Å²) in [4.78, 5) is 1.56. The highest BCUT2D eigenvalue weighted by Crippen LogP contribution is 2.36. The van der Waals surface area contributed by atoms with Gasteiger partial charge in [0.15, 0.2) is 0 Å². The molecule has 1 aromatic heterocycles. The van der Waals surface area contributed by atoms with E-state index in [1.54, 1.807) is 16.6 Å². The van der Waals surface area contributed by atoms with Crippen molar-refractivity contribution in [2.75, 3.05) is 0 Å². The van der Waals surface area contributed by atoms with Crippen LogP contribution in [0.25, 0.3) is 5.69 Å². The molecule has 0 unspecified atom stereocenters. The Bertz CT molecular complexity index is 516. The lowest BCUT2D eigenvalue weighted by atomic mass is 10.3. The van der Waals surface area contributed by atoms with E-state index < -0.39 is 0 Å². The average Bonchev–Trinajstić information content (AvgIpc) is 3.02. The van der Waals surface area contributed by atoms with Crippen molar-refractivity contribution < 1.29 is 0 Å².